The van der Waals surface area contributed by atoms with Crippen molar-refractivity contribution in [1.82, 2.24) is 0 Å². The zero-order valence-electron chi connectivity index (χ0n) is 10.2. The molecule has 2 rings (SSSR count). The maximum absolute atomic E-state index is 13.5. The van der Waals surface area contributed by atoms with E-state index in [1.165, 1.54) is 24.1 Å². The average molecular weight is 248 g/mol. The second kappa shape index (κ2) is 4.30. The van der Waals surface area contributed by atoms with Crippen LogP contribution in [0.1, 0.15) is 12.8 Å². The first kappa shape index (κ1) is 12.4. The number of carbonyl (C=O) groups excluding carboxylic acids is 1. The maximum atomic E-state index is 13.5. The highest BCUT2D eigenvalue weighted by atomic mass is 19.1. The fourth-order valence-electron chi connectivity index (χ4n) is 1.80. The number of ether oxygens (including phenoxy) is 1. The number of nitriles is 1. The lowest BCUT2D eigenvalue weighted by Crippen LogP contribution is -2.33. The fourth-order valence-corrected chi connectivity index (χ4v) is 1.80. The monoisotopic (exact) mass is 248 g/mol. The van der Waals surface area contributed by atoms with Gasteiger partial charge in [-0.15, -0.1) is 0 Å². The number of benzene rings is 1. The van der Waals surface area contributed by atoms with Crippen LogP contribution in [0.15, 0.2) is 18.2 Å². The largest absolute Gasteiger partial charge is 0.494 e. The molecule has 0 atom stereocenters. The Balaban J connectivity index is 2.24. The SMILES string of the molecule is COc1ccc(N(C)C(=O)C2(C#N)CC2)cc1F. The first-order chi connectivity index (χ1) is 8.54. The van der Waals surface area contributed by atoms with Crippen molar-refractivity contribution in [3.05, 3.63) is 24.0 Å². The van der Waals surface area contributed by atoms with Gasteiger partial charge in [0.1, 0.15) is 5.41 Å². The first-order valence-corrected chi connectivity index (χ1v) is 5.57. The van der Waals surface area contributed by atoms with Crippen LogP contribution in [0.3, 0.4) is 0 Å². The van der Waals surface area contributed by atoms with E-state index < -0.39 is 11.2 Å². The van der Waals surface area contributed by atoms with Crippen LogP contribution in [-0.4, -0.2) is 20.1 Å². The predicted octanol–water partition coefficient (Wildman–Crippen LogP) is 2.10. The van der Waals surface area contributed by atoms with Crippen LogP contribution in [-0.2, 0) is 4.79 Å². The van der Waals surface area contributed by atoms with Gasteiger partial charge < -0.3 is 9.64 Å². The molecule has 94 valence electrons. The van der Waals surface area contributed by atoms with Gasteiger partial charge in [-0.25, -0.2) is 4.39 Å². The summed E-state index contributed by atoms with van der Waals surface area (Å²) < 4.78 is 18.4. The molecule has 1 amide bonds. The molecule has 0 heterocycles. The van der Waals surface area contributed by atoms with Crippen molar-refractivity contribution in [2.45, 2.75) is 12.8 Å². The molecule has 0 aromatic heterocycles. The normalized spacial score (nSPS) is 15.7. The molecule has 0 radical (unpaired) electrons. The lowest BCUT2D eigenvalue weighted by Gasteiger charge is -2.20. The standard InChI is InChI=1S/C13H13FN2O2/c1-16(12(17)13(8-15)5-6-13)9-3-4-11(18-2)10(14)7-9/h3-4,7H,5-6H2,1-2H3. The molecule has 1 saturated carbocycles. The topological polar surface area (TPSA) is 53.3 Å². The summed E-state index contributed by atoms with van der Waals surface area (Å²) in [5, 5.41) is 8.97. The Labute approximate surface area is 105 Å². The van der Waals surface area contributed by atoms with Gasteiger partial charge in [0.25, 0.3) is 0 Å². The van der Waals surface area contributed by atoms with Crippen LogP contribution in [0.5, 0.6) is 5.75 Å². The highest BCUT2D eigenvalue weighted by Crippen LogP contribution is 2.46. The molecule has 4 nitrogen and oxygen atoms in total. The van der Waals surface area contributed by atoms with E-state index in [1.807, 2.05) is 6.07 Å². The molecule has 0 spiro atoms. The van der Waals surface area contributed by atoms with E-state index in [2.05, 4.69) is 0 Å². The van der Waals surface area contributed by atoms with Crippen molar-refractivity contribution < 1.29 is 13.9 Å². The minimum Gasteiger partial charge on any atom is -0.494 e. The first-order valence-electron chi connectivity index (χ1n) is 5.57. The van der Waals surface area contributed by atoms with Crippen LogP contribution >= 0.6 is 0 Å². The Morgan fingerprint density at radius 1 is 1.56 bits per heavy atom. The van der Waals surface area contributed by atoms with E-state index in [9.17, 15) is 9.18 Å². The fraction of sp³-hybridized carbons (Fsp3) is 0.385. The summed E-state index contributed by atoms with van der Waals surface area (Å²) in [6.45, 7) is 0. The summed E-state index contributed by atoms with van der Waals surface area (Å²) in [4.78, 5) is 13.4. The van der Waals surface area contributed by atoms with Gasteiger partial charge >= 0.3 is 0 Å². The molecule has 1 aliphatic carbocycles. The summed E-state index contributed by atoms with van der Waals surface area (Å²) in [7, 11) is 2.92. The lowest BCUT2D eigenvalue weighted by molar-refractivity contribution is -0.121. The van der Waals surface area contributed by atoms with Gasteiger partial charge in [-0.2, -0.15) is 5.26 Å². The van der Waals surface area contributed by atoms with E-state index in [0.717, 1.165) is 0 Å². The summed E-state index contributed by atoms with van der Waals surface area (Å²) in [6, 6.07) is 6.31. The van der Waals surface area contributed by atoms with Crippen LogP contribution in [0.2, 0.25) is 0 Å². The van der Waals surface area contributed by atoms with Crippen molar-refractivity contribution >= 4 is 11.6 Å². The lowest BCUT2D eigenvalue weighted by atomic mass is 10.1. The van der Waals surface area contributed by atoms with Crippen LogP contribution < -0.4 is 9.64 Å². The van der Waals surface area contributed by atoms with Crippen molar-refractivity contribution in [3.63, 3.8) is 0 Å². The summed E-state index contributed by atoms with van der Waals surface area (Å²) in [5.41, 5.74) is -0.481. The minimum absolute atomic E-state index is 0.126. The van der Waals surface area contributed by atoms with Gasteiger partial charge in [-0.05, 0) is 25.0 Å². The number of amides is 1. The molecule has 0 bridgehead atoms. The molecule has 1 aromatic rings. The van der Waals surface area contributed by atoms with Gasteiger partial charge in [-0.3, -0.25) is 4.79 Å². The minimum atomic E-state index is -0.898. The Hall–Kier alpha value is -2.09. The van der Waals surface area contributed by atoms with E-state index >= 15 is 0 Å². The molecule has 0 aliphatic heterocycles. The molecule has 1 aliphatic rings. The average Bonchev–Trinajstić information content (AvgIpc) is 3.18. The van der Waals surface area contributed by atoms with Gasteiger partial charge in [-0.1, -0.05) is 0 Å². The number of nitrogens with zero attached hydrogens (tertiary/aromatic N) is 2. The third-order valence-electron chi connectivity index (χ3n) is 3.20. The molecule has 0 saturated heterocycles. The molecule has 0 N–H and O–H groups in total. The quantitative estimate of drug-likeness (QED) is 0.823. The van der Waals surface area contributed by atoms with Crippen LogP contribution in [0.25, 0.3) is 0 Å². The predicted molar refractivity (Wildman–Crippen MR) is 63.6 cm³/mol. The number of rotatable bonds is 3. The summed E-state index contributed by atoms with van der Waals surface area (Å²) >= 11 is 0. The second-order valence-electron chi connectivity index (χ2n) is 4.38. The molecule has 1 aromatic carbocycles. The van der Waals surface area contributed by atoms with Crippen molar-refractivity contribution in [2.24, 2.45) is 5.41 Å². The van der Waals surface area contributed by atoms with E-state index in [4.69, 9.17) is 10.00 Å². The zero-order valence-corrected chi connectivity index (χ0v) is 10.2. The van der Waals surface area contributed by atoms with E-state index in [-0.39, 0.29) is 11.7 Å². The smallest absolute Gasteiger partial charge is 0.247 e. The Kier molecular flexibility index (Phi) is 2.95. The van der Waals surface area contributed by atoms with E-state index in [0.29, 0.717) is 18.5 Å². The number of anilines is 1. The number of methoxy groups -OCH3 is 1. The number of hydrogen-bond acceptors (Lipinski definition) is 3. The highest BCUT2D eigenvalue weighted by Gasteiger charge is 2.52. The molecule has 5 heteroatoms. The van der Waals surface area contributed by atoms with Gasteiger partial charge in [0.15, 0.2) is 11.6 Å². The zero-order chi connectivity index (χ0) is 13.3. The Morgan fingerprint density at radius 3 is 2.67 bits per heavy atom. The molecule has 1 fully saturated rings. The second-order valence-corrected chi connectivity index (χ2v) is 4.38. The van der Waals surface area contributed by atoms with Crippen molar-refractivity contribution in [2.75, 3.05) is 19.1 Å². The molecule has 0 unspecified atom stereocenters. The Bertz CT molecular complexity index is 532. The summed E-state index contributed by atoms with van der Waals surface area (Å²) in [5.74, 6) is -0.688. The molecular weight excluding hydrogens is 235 g/mol. The van der Waals surface area contributed by atoms with Crippen LogP contribution in [0.4, 0.5) is 10.1 Å². The van der Waals surface area contributed by atoms with Gasteiger partial charge in [0.05, 0.1) is 13.2 Å². The van der Waals surface area contributed by atoms with Crippen molar-refractivity contribution in [1.29, 1.82) is 5.26 Å². The third-order valence-corrected chi connectivity index (χ3v) is 3.20. The maximum Gasteiger partial charge on any atom is 0.247 e. The van der Waals surface area contributed by atoms with Crippen LogP contribution in [0, 0.1) is 22.6 Å². The van der Waals surface area contributed by atoms with Gasteiger partial charge in [0.2, 0.25) is 5.91 Å². The van der Waals surface area contributed by atoms with Crippen molar-refractivity contribution in [3.8, 4) is 11.8 Å². The number of halogens is 1. The highest BCUT2D eigenvalue weighted by molar-refractivity contribution is 6.00. The van der Waals surface area contributed by atoms with Gasteiger partial charge in [0, 0.05) is 18.8 Å². The molecular formula is C13H13FN2O2. The number of carbonyl (C=O) groups is 1. The van der Waals surface area contributed by atoms with E-state index in [1.54, 1.807) is 13.1 Å². The Morgan fingerprint density at radius 2 is 2.22 bits per heavy atom. The third kappa shape index (κ3) is 1.90. The number of hydrogen-bond donors (Lipinski definition) is 0. The molecule has 18 heavy (non-hydrogen) atoms. The summed E-state index contributed by atoms with van der Waals surface area (Å²) in [6.07, 6.45) is 1.15.